The molecule has 0 aliphatic heterocycles. The number of ether oxygens (including phenoxy) is 1. The second-order valence-corrected chi connectivity index (χ2v) is 4.78. The highest BCUT2D eigenvalue weighted by Crippen LogP contribution is 2.28. The molecule has 0 saturated heterocycles. The van der Waals surface area contributed by atoms with Crippen LogP contribution in [-0.4, -0.2) is 12.9 Å². The molecule has 2 heteroatoms. The van der Waals surface area contributed by atoms with E-state index in [0.717, 1.165) is 5.56 Å². The number of carbonyl (C=O) groups excluding carboxylic acids is 1. The fourth-order valence-corrected chi connectivity index (χ4v) is 1.40. The van der Waals surface area contributed by atoms with Crippen LogP contribution in [0.3, 0.4) is 0 Å². The molecule has 0 saturated carbocycles. The quantitative estimate of drug-likeness (QED) is 0.694. The number of carbonyl (C=O) groups is 1. The molecule has 0 aliphatic rings. The average Bonchev–Trinajstić information content (AvgIpc) is 2.15. The Morgan fingerprint density at radius 2 is 1.87 bits per heavy atom. The summed E-state index contributed by atoms with van der Waals surface area (Å²) < 4.78 is 5.20. The topological polar surface area (TPSA) is 26.3 Å². The van der Waals surface area contributed by atoms with Crippen LogP contribution in [0.15, 0.2) is 18.2 Å². The van der Waals surface area contributed by atoms with Gasteiger partial charge in [-0.3, -0.25) is 4.79 Å². The van der Waals surface area contributed by atoms with Crippen molar-refractivity contribution in [1.82, 2.24) is 0 Å². The summed E-state index contributed by atoms with van der Waals surface area (Å²) in [5.74, 6) is 0.767. The molecule has 0 fully saturated rings. The Kier molecular flexibility index (Phi) is 3.18. The predicted molar refractivity (Wildman–Crippen MR) is 61.5 cm³/mol. The van der Waals surface area contributed by atoms with E-state index in [0.29, 0.717) is 11.3 Å². The number of aryl methyl sites for hydroxylation is 1. The molecule has 2 nitrogen and oxygen atoms in total. The van der Waals surface area contributed by atoms with Gasteiger partial charge in [0.25, 0.3) is 0 Å². The van der Waals surface area contributed by atoms with E-state index in [1.165, 1.54) is 0 Å². The van der Waals surface area contributed by atoms with Gasteiger partial charge in [0.15, 0.2) is 5.78 Å². The summed E-state index contributed by atoms with van der Waals surface area (Å²) in [7, 11) is 1.59. The van der Waals surface area contributed by atoms with Crippen LogP contribution in [0.4, 0.5) is 0 Å². The second kappa shape index (κ2) is 4.05. The van der Waals surface area contributed by atoms with Crippen molar-refractivity contribution in [2.75, 3.05) is 7.11 Å². The first-order chi connectivity index (χ1) is 6.86. The minimum atomic E-state index is -0.374. The third-order valence-corrected chi connectivity index (χ3v) is 2.28. The van der Waals surface area contributed by atoms with Crippen molar-refractivity contribution in [3.63, 3.8) is 0 Å². The van der Waals surface area contributed by atoms with Gasteiger partial charge in [-0.2, -0.15) is 0 Å². The van der Waals surface area contributed by atoms with Crippen LogP contribution in [0.2, 0.25) is 0 Å². The highest BCUT2D eigenvalue weighted by atomic mass is 16.5. The normalized spacial score (nSPS) is 11.3. The zero-order valence-corrected chi connectivity index (χ0v) is 10.0. The van der Waals surface area contributed by atoms with Crippen molar-refractivity contribution in [3.8, 4) is 5.75 Å². The number of rotatable bonds is 2. The number of Topliss-reactive ketones (excluding diaryl/α,β-unsaturated/α-hetero) is 1. The zero-order valence-electron chi connectivity index (χ0n) is 10.0. The van der Waals surface area contributed by atoms with Crippen LogP contribution in [0, 0.1) is 12.3 Å². The molecule has 0 bridgehead atoms. The van der Waals surface area contributed by atoms with Gasteiger partial charge in [-0.15, -0.1) is 0 Å². The predicted octanol–water partition coefficient (Wildman–Crippen LogP) is 3.23. The molecule has 0 spiro atoms. The van der Waals surface area contributed by atoms with Crippen LogP contribution in [0.5, 0.6) is 5.75 Å². The Bertz CT molecular complexity index is 373. The number of methoxy groups -OCH3 is 1. The van der Waals surface area contributed by atoms with Gasteiger partial charge in [0.05, 0.1) is 12.7 Å². The minimum absolute atomic E-state index is 0.114. The van der Waals surface area contributed by atoms with E-state index in [4.69, 9.17) is 4.74 Å². The molecule has 15 heavy (non-hydrogen) atoms. The average molecular weight is 206 g/mol. The number of ketones is 1. The van der Waals surface area contributed by atoms with Gasteiger partial charge < -0.3 is 4.74 Å². The summed E-state index contributed by atoms with van der Waals surface area (Å²) in [5.41, 5.74) is 1.37. The molecule has 0 amide bonds. The molecular weight excluding hydrogens is 188 g/mol. The third-order valence-electron chi connectivity index (χ3n) is 2.28. The van der Waals surface area contributed by atoms with E-state index in [1.54, 1.807) is 7.11 Å². The molecule has 0 atom stereocenters. The first-order valence-corrected chi connectivity index (χ1v) is 5.05. The maximum atomic E-state index is 12.1. The van der Waals surface area contributed by atoms with E-state index in [-0.39, 0.29) is 11.2 Å². The van der Waals surface area contributed by atoms with Crippen molar-refractivity contribution in [2.45, 2.75) is 27.7 Å². The lowest BCUT2D eigenvalue weighted by molar-refractivity contribution is 0.0855. The fourth-order valence-electron chi connectivity index (χ4n) is 1.40. The number of benzene rings is 1. The summed E-state index contributed by atoms with van der Waals surface area (Å²) in [4.78, 5) is 12.1. The highest BCUT2D eigenvalue weighted by molar-refractivity contribution is 6.02. The molecule has 0 heterocycles. The van der Waals surface area contributed by atoms with Crippen molar-refractivity contribution in [1.29, 1.82) is 0 Å². The molecule has 1 rings (SSSR count). The van der Waals surface area contributed by atoms with Crippen LogP contribution >= 0.6 is 0 Å². The first-order valence-electron chi connectivity index (χ1n) is 5.05. The van der Waals surface area contributed by atoms with Crippen molar-refractivity contribution in [2.24, 2.45) is 5.41 Å². The Labute approximate surface area is 91.3 Å². The fraction of sp³-hybridized carbons (Fsp3) is 0.462. The Hall–Kier alpha value is -1.31. The smallest absolute Gasteiger partial charge is 0.171 e. The molecule has 1 aromatic rings. The van der Waals surface area contributed by atoms with Crippen LogP contribution in [0.1, 0.15) is 36.7 Å². The molecule has 0 N–H and O–H groups in total. The van der Waals surface area contributed by atoms with Crippen LogP contribution in [0.25, 0.3) is 0 Å². The third kappa shape index (κ3) is 2.58. The van der Waals surface area contributed by atoms with Crippen LogP contribution < -0.4 is 4.74 Å². The van der Waals surface area contributed by atoms with Crippen molar-refractivity contribution in [3.05, 3.63) is 29.3 Å². The molecule has 0 aliphatic carbocycles. The summed E-state index contributed by atoms with van der Waals surface area (Å²) >= 11 is 0. The summed E-state index contributed by atoms with van der Waals surface area (Å²) in [6, 6.07) is 5.67. The lowest BCUT2D eigenvalue weighted by Gasteiger charge is -2.18. The van der Waals surface area contributed by atoms with Crippen molar-refractivity contribution >= 4 is 5.78 Å². The monoisotopic (exact) mass is 206 g/mol. The van der Waals surface area contributed by atoms with Gasteiger partial charge in [-0.1, -0.05) is 32.4 Å². The summed E-state index contributed by atoms with van der Waals surface area (Å²) in [6.07, 6.45) is 0. The van der Waals surface area contributed by atoms with Gasteiger partial charge >= 0.3 is 0 Å². The number of hydrogen-bond donors (Lipinski definition) is 0. The van der Waals surface area contributed by atoms with Gasteiger partial charge in [0.2, 0.25) is 0 Å². The standard InChI is InChI=1S/C13H18O2/c1-9-6-7-11(15-5)10(8-9)12(14)13(2,3)4/h6-8H,1-5H3. The molecular formula is C13H18O2. The lowest BCUT2D eigenvalue weighted by Crippen LogP contribution is -2.20. The largest absolute Gasteiger partial charge is 0.496 e. The number of hydrogen-bond acceptors (Lipinski definition) is 2. The molecule has 0 radical (unpaired) electrons. The molecule has 82 valence electrons. The van der Waals surface area contributed by atoms with E-state index in [9.17, 15) is 4.79 Å². The van der Waals surface area contributed by atoms with E-state index in [2.05, 4.69) is 0 Å². The molecule has 0 aromatic heterocycles. The first kappa shape index (κ1) is 11.8. The molecule has 1 aromatic carbocycles. The zero-order chi connectivity index (χ0) is 11.6. The summed E-state index contributed by atoms with van der Waals surface area (Å²) in [6.45, 7) is 7.71. The van der Waals surface area contributed by atoms with Gasteiger partial charge in [0, 0.05) is 5.41 Å². The maximum absolute atomic E-state index is 12.1. The SMILES string of the molecule is COc1ccc(C)cc1C(=O)C(C)(C)C. The molecule has 0 unspecified atom stereocenters. The Morgan fingerprint density at radius 1 is 1.27 bits per heavy atom. The van der Waals surface area contributed by atoms with E-state index in [1.807, 2.05) is 45.9 Å². The van der Waals surface area contributed by atoms with Gasteiger partial charge in [-0.25, -0.2) is 0 Å². The Balaban J connectivity index is 3.23. The van der Waals surface area contributed by atoms with Gasteiger partial charge in [0.1, 0.15) is 5.75 Å². The summed E-state index contributed by atoms with van der Waals surface area (Å²) in [5, 5.41) is 0. The maximum Gasteiger partial charge on any atom is 0.171 e. The minimum Gasteiger partial charge on any atom is -0.496 e. The van der Waals surface area contributed by atoms with E-state index >= 15 is 0 Å². The van der Waals surface area contributed by atoms with E-state index < -0.39 is 0 Å². The Morgan fingerprint density at radius 3 is 2.33 bits per heavy atom. The van der Waals surface area contributed by atoms with Gasteiger partial charge in [-0.05, 0) is 19.1 Å². The second-order valence-electron chi connectivity index (χ2n) is 4.78. The lowest BCUT2D eigenvalue weighted by atomic mass is 9.86. The van der Waals surface area contributed by atoms with Crippen molar-refractivity contribution < 1.29 is 9.53 Å². The highest BCUT2D eigenvalue weighted by Gasteiger charge is 2.25. The van der Waals surface area contributed by atoms with Crippen LogP contribution in [-0.2, 0) is 0 Å².